The molecule has 64 heavy (non-hydrogen) atoms. The van der Waals surface area contributed by atoms with Crippen LogP contribution >= 0.6 is 0 Å². The Hall–Kier alpha value is -6.73. The van der Waals surface area contributed by atoms with E-state index >= 15 is 0 Å². The number of ketones is 1. The topological polar surface area (TPSA) is 156 Å². The molecule has 4 rings (SSSR count). The first-order chi connectivity index (χ1) is 31.3. The minimum absolute atomic E-state index is 0.0775. The van der Waals surface area contributed by atoms with Gasteiger partial charge in [-0.15, -0.1) is 0 Å². The van der Waals surface area contributed by atoms with Gasteiger partial charge in [-0.3, -0.25) is 4.79 Å². The SMILES string of the molecule is C=CC(=O)COCCCCCCCCN(CCCCCCCCOC(=O)C=C)c1ccc(N=Nc2ccc(N=Nc3ccc(N=Nc4ccc(OC(=O)C=C)cc4)cc3)c(C)c2)cc1. The summed E-state index contributed by atoms with van der Waals surface area (Å²) in [6.45, 7) is 15.4. The van der Waals surface area contributed by atoms with Gasteiger partial charge < -0.3 is 19.1 Å². The highest BCUT2D eigenvalue weighted by molar-refractivity contribution is 5.90. The Balaban J connectivity index is 1.25. The van der Waals surface area contributed by atoms with Gasteiger partial charge in [-0.05, 0) is 135 Å². The molecule has 4 aromatic rings. The third kappa shape index (κ3) is 20.0. The molecular weight excluding hydrogens is 807 g/mol. The van der Waals surface area contributed by atoms with Crippen LogP contribution in [0.4, 0.5) is 39.8 Å². The van der Waals surface area contributed by atoms with Gasteiger partial charge >= 0.3 is 11.9 Å². The standard InChI is InChI=1S/C51H61N7O6/c1-5-47(59)39-62-36-18-14-10-8-12-16-34-58(35-17-13-9-11-15-19-37-63-50(60)6-2)46-29-24-43(25-30-46)54-56-45-28-33-49(40(4)38-45)57-55-42-22-20-41(21-23-42)52-53-44-26-31-48(32-27-44)64-51(61)7-3/h5-7,20-33,38H,1-3,8-19,34-37,39H2,4H3. The molecule has 0 saturated heterocycles. The van der Waals surface area contributed by atoms with E-state index in [0.717, 1.165) is 112 Å². The second kappa shape index (κ2) is 29.5. The molecule has 0 aliphatic carbocycles. The first kappa shape index (κ1) is 49.9. The summed E-state index contributed by atoms with van der Waals surface area (Å²) in [5, 5.41) is 26.4. The predicted molar refractivity (Wildman–Crippen MR) is 254 cm³/mol. The Bertz CT molecular complexity index is 2170. The Morgan fingerprint density at radius 1 is 0.516 bits per heavy atom. The smallest absolute Gasteiger partial charge is 0.335 e. The first-order valence-corrected chi connectivity index (χ1v) is 22.0. The Labute approximate surface area is 377 Å². The van der Waals surface area contributed by atoms with Crippen LogP contribution in [0.3, 0.4) is 0 Å². The van der Waals surface area contributed by atoms with Crippen LogP contribution in [0.1, 0.15) is 82.6 Å². The number of hydrogen-bond donors (Lipinski definition) is 0. The molecule has 0 radical (unpaired) electrons. The van der Waals surface area contributed by atoms with Gasteiger partial charge in [0.05, 0.1) is 40.7 Å². The number of aryl methyl sites for hydroxylation is 1. The Morgan fingerprint density at radius 3 is 1.50 bits per heavy atom. The van der Waals surface area contributed by atoms with Gasteiger partial charge in [0.15, 0.2) is 5.78 Å². The molecule has 0 heterocycles. The van der Waals surface area contributed by atoms with Crippen molar-refractivity contribution < 1.29 is 28.6 Å². The van der Waals surface area contributed by atoms with Gasteiger partial charge in [-0.1, -0.05) is 71.1 Å². The summed E-state index contributed by atoms with van der Waals surface area (Å²) >= 11 is 0. The molecule has 0 unspecified atom stereocenters. The van der Waals surface area contributed by atoms with Crippen molar-refractivity contribution in [2.75, 3.05) is 37.8 Å². The van der Waals surface area contributed by atoms with Gasteiger partial charge in [-0.2, -0.15) is 30.7 Å². The molecule has 0 aliphatic rings. The molecule has 336 valence electrons. The molecule has 0 fully saturated rings. The van der Waals surface area contributed by atoms with Crippen LogP contribution in [0.5, 0.6) is 5.75 Å². The summed E-state index contributed by atoms with van der Waals surface area (Å²) in [5.74, 6) is -0.562. The molecule has 0 aliphatic heterocycles. The number of carbonyl (C=O) groups is 3. The normalized spacial score (nSPS) is 11.3. The van der Waals surface area contributed by atoms with Gasteiger partial charge in [-0.25, -0.2) is 9.59 Å². The van der Waals surface area contributed by atoms with Crippen LogP contribution in [0, 0.1) is 6.92 Å². The number of rotatable bonds is 31. The number of anilines is 1. The average molecular weight is 868 g/mol. The number of esters is 2. The lowest BCUT2D eigenvalue weighted by Crippen LogP contribution is -2.25. The fourth-order valence-electron chi connectivity index (χ4n) is 6.37. The second-order valence-corrected chi connectivity index (χ2v) is 15.0. The molecule has 0 spiro atoms. The second-order valence-electron chi connectivity index (χ2n) is 15.0. The van der Waals surface area contributed by atoms with Gasteiger partial charge in [0, 0.05) is 37.5 Å². The van der Waals surface area contributed by atoms with E-state index in [2.05, 4.69) is 67.5 Å². The van der Waals surface area contributed by atoms with Crippen molar-refractivity contribution in [3.05, 3.63) is 135 Å². The highest BCUT2D eigenvalue weighted by atomic mass is 16.5. The number of azo groups is 3. The summed E-state index contributed by atoms with van der Waals surface area (Å²) < 4.78 is 15.6. The molecule has 13 nitrogen and oxygen atoms in total. The van der Waals surface area contributed by atoms with Crippen molar-refractivity contribution in [3.8, 4) is 5.75 Å². The van der Waals surface area contributed by atoms with Crippen molar-refractivity contribution in [2.24, 2.45) is 30.7 Å². The quantitative estimate of drug-likeness (QED) is 0.0160. The van der Waals surface area contributed by atoms with E-state index in [1.54, 1.807) is 36.4 Å². The van der Waals surface area contributed by atoms with Crippen LogP contribution in [0.25, 0.3) is 0 Å². The zero-order valence-corrected chi connectivity index (χ0v) is 37.1. The molecule has 0 aromatic heterocycles. The van der Waals surface area contributed by atoms with Crippen molar-refractivity contribution in [2.45, 2.75) is 84.0 Å². The van der Waals surface area contributed by atoms with E-state index in [4.69, 9.17) is 14.2 Å². The number of carbonyl (C=O) groups excluding carboxylic acids is 3. The maximum Gasteiger partial charge on any atom is 0.335 e. The monoisotopic (exact) mass is 867 g/mol. The van der Waals surface area contributed by atoms with Crippen molar-refractivity contribution in [1.82, 2.24) is 0 Å². The highest BCUT2D eigenvalue weighted by Crippen LogP contribution is 2.29. The summed E-state index contributed by atoms with van der Waals surface area (Å²) in [7, 11) is 0. The summed E-state index contributed by atoms with van der Waals surface area (Å²) in [5.41, 5.74) is 6.25. The van der Waals surface area contributed by atoms with Gasteiger partial charge in [0.2, 0.25) is 0 Å². The maximum absolute atomic E-state index is 11.4. The molecule has 0 atom stereocenters. The largest absolute Gasteiger partial charge is 0.463 e. The van der Waals surface area contributed by atoms with E-state index in [1.165, 1.54) is 24.3 Å². The zero-order chi connectivity index (χ0) is 45.6. The molecular formula is C51H61N7O6. The number of unbranched alkanes of at least 4 members (excludes halogenated alkanes) is 10. The summed E-state index contributed by atoms with van der Waals surface area (Å²) in [6.07, 6.45) is 16.7. The van der Waals surface area contributed by atoms with Crippen LogP contribution in [-0.2, 0) is 23.9 Å². The van der Waals surface area contributed by atoms with Crippen molar-refractivity contribution >= 4 is 57.5 Å². The van der Waals surface area contributed by atoms with Crippen LogP contribution in [-0.4, -0.2) is 50.6 Å². The van der Waals surface area contributed by atoms with E-state index in [9.17, 15) is 14.4 Å². The third-order valence-corrected chi connectivity index (χ3v) is 9.97. The first-order valence-electron chi connectivity index (χ1n) is 22.0. The number of ether oxygens (including phenoxy) is 3. The molecule has 0 amide bonds. The summed E-state index contributed by atoms with van der Waals surface area (Å²) in [6, 6.07) is 27.9. The highest BCUT2D eigenvalue weighted by Gasteiger charge is 2.08. The minimum Gasteiger partial charge on any atom is -0.463 e. The van der Waals surface area contributed by atoms with E-state index in [-0.39, 0.29) is 18.4 Å². The third-order valence-electron chi connectivity index (χ3n) is 9.97. The number of nitrogens with zero attached hydrogens (tertiary/aromatic N) is 7. The van der Waals surface area contributed by atoms with E-state index in [0.29, 0.717) is 36.0 Å². The predicted octanol–water partition coefficient (Wildman–Crippen LogP) is 14.3. The molecule has 4 aromatic carbocycles. The van der Waals surface area contributed by atoms with Crippen molar-refractivity contribution in [1.29, 1.82) is 0 Å². The Kier molecular flexibility index (Phi) is 23.0. The molecule has 13 heteroatoms. The van der Waals surface area contributed by atoms with Crippen LogP contribution < -0.4 is 9.64 Å². The van der Waals surface area contributed by atoms with Crippen molar-refractivity contribution in [3.63, 3.8) is 0 Å². The lowest BCUT2D eigenvalue weighted by Gasteiger charge is -2.25. The molecule has 0 bridgehead atoms. The maximum atomic E-state index is 11.4. The van der Waals surface area contributed by atoms with E-state index in [1.807, 2.05) is 49.4 Å². The van der Waals surface area contributed by atoms with Crippen LogP contribution in [0.15, 0.2) is 160 Å². The lowest BCUT2D eigenvalue weighted by atomic mass is 10.1. The fourth-order valence-corrected chi connectivity index (χ4v) is 6.37. The number of benzene rings is 4. The lowest BCUT2D eigenvalue weighted by molar-refractivity contribution is -0.137. The average Bonchev–Trinajstić information content (AvgIpc) is 3.32. The molecule has 0 N–H and O–H groups in total. The molecule has 0 saturated carbocycles. The zero-order valence-electron chi connectivity index (χ0n) is 37.1. The van der Waals surface area contributed by atoms with Gasteiger partial charge in [0.25, 0.3) is 0 Å². The van der Waals surface area contributed by atoms with Crippen LogP contribution in [0.2, 0.25) is 0 Å². The van der Waals surface area contributed by atoms with E-state index < -0.39 is 5.97 Å². The minimum atomic E-state index is -0.525. The number of hydrogen-bond acceptors (Lipinski definition) is 13. The Morgan fingerprint density at radius 2 is 0.969 bits per heavy atom. The fraction of sp³-hybridized carbons (Fsp3) is 0.353. The van der Waals surface area contributed by atoms with Gasteiger partial charge in [0.1, 0.15) is 12.4 Å². The summed E-state index contributed by atoms with van der Waals surface area (Å²) in [4.78, 5) is 36.4.